The smallest absolute Gasteiger partial charge is 0.243 e. The first kappa shape index (κ1) is 40.2. The van der Waals surface area contributed by atoms with Crippen molar-refractivity contribution in [1.82, 2.24) is 4.98 Å². The van der Waals surface area contributed by atoms with Crippen LogP contribution in [0.2, 0.25) is 0 Å². The SMILES string of the molecule is CC(C)(C)c1cc(-c2nccc3cc(CC(C)(C)C(F)F)ccc23)[c-]c2ccccc12.CCC(CC)C(=O)/C=C(\O)C(CC)CC.[Ir]. The van der Waals surface area contributed by atoms with E-state index in [0.717, 1.165) is 58.7 Å². The van der Waals surface area contributed by atoms with Crippen LogP contribution >= 0.6 is 0 Å². The molecule has 1 N–H and O–H groups in total. The van der Waals surface area contributed by atoms with E-state index >= 15 is 0 Å². The molecule has 0 spiro atoms. The van der Waals surface area contributed by atoms with Crippen LogP contribution in [0.4, 0.5) is 8.78 Å². The molecule has 4 aromatic rings. The Morgan fingerprint density at radius 3 is 2.06 bits per heavy atom. The van der Waals surface area contributed by atoms with Crippen molar-refractivity contribution >= 4 is 27.3 Å². The number of aromatic nitrogens is 1. The van der Waals surface area contributed by atoms with Crippen molar-refractivity contribution in [3.63, 3.8) is 0 Å². The molecule has 0 saturated heterocycles. The first-order valence-corrected chi connectivity index (χ1v) is 16.7. The predicted octanol–water partition coefficient (Wildman–Crippen LogP) is 11.9. The average molecular weight is 821 g/mol. The van der Waals surface area contributed by atoms with Crippen molar-refractivity contribution in [2.75, 3.05) is 0 Å². The number of fused-ring (bicyclic) bond motifs is 2. The minimum absolute atomic E-state index is 0. The van der Waals surface area contributed by atoms with Crippen molar-refractivity contribution < 1.29 is 38.8 Å². The number of carbonyl (C=O) groups is 1. The Balaban J connectivity index is 0.000000410. The molecule has 0 atom stereocenters. The summed E-state index contributed by atoms with van der Waals surface area (Å²) in [4.78, 5) is 16.4. The summed E-state index contributed by atoms with van der Waals surface area (Å²) in [6.07, 6.45) is 4.66. The number of hydrogen-bond donors (Lipinski definition) is 1. The first-order chi connectivity index (χ1) is 21.7. The van der Waals surface area contributed by atoms with E-state index in [4.69, 9.17) is 0 Å². The quantitative estimate of drug-likeness (QED) is 0.0931. The van der Waals surface area contributed by atoms with Crippen molar-refractivity contribution in [2.24, 2.45) is 17.3 Å². The third-order valence-corrected chi connectivity index (χ3v) is 9.00. The summed E-state index contributed by atoms with van der Waals surface area (Å²) >= 11 is 0. The van der Waals surface area contributed by atoms with E-state index in [-0.39, 0.29) is 48.9 Å². The van der Waals surface area contributed by atoms with Gasteiger partial charge in [0.05, 0.1) is 5.76 Å². The Morgan fingerprint density at radius 1 is 0.872 bits per heavy atom. The molecule has 0 aliphatic rings. The number of allylic oxidation sites excluding steroid dienone is 2. The Kier molecular flexibility index (Phi) is 14.9. The van der Waals surface area contributed by atoms with E-state index in [1.165, 1.54) is 17.0 Å². The van der Waals surface area contributed by atoms with Gasteiger partial charge in [0.25, 0.3) is 0 Å². The summed E-state index contributed by atoms with van der Waals surface area (Å²) in [5, 5.41) is 14.0. The monoisotopic (exact) mass is 821 g/mol. The number of rotatable bonds is 11. The summed E-state index contributed by atoms with van der Waals surface area (Å²) in [7, 11) is 0. The van der Waals surface area contributed by atoms with Gasteiger partial charge in [0.15, 0.2) is 5.78 Å². The number of carbonyl (C=O) groups excluding carboxylic acids is 1. The number of benzene rings is 3. The molecule has 4 rings (SSSR count). The Labute approximate surface area is 294 Å². The number of pyridine rings is 1. The van der Waals surface area contributed by atoms with Crippen LogP contribution in [0.1, 0.15) is 99.1 Å². The third-order valence-electron chi connectivity index (χ3n) is 9.00. The van der Waals surface area contributed by atoms with E-state index in [1.807, 2.05) is 58.0 Å². The fourth-order valence-corrected chi connectivity index (χ4v) is 5.91. The summed E-state index contributed by atoms with van der Waals surface area (Å²) in [5.74, 6) is 0.547. The summed E-state index contributed by atoms with van der Waals surface area (Å²) in [5.41, 5.74) is 2.90. The van der Waals surface area contributed by atoms with Gasteiger partial charge in [-0.05, 0) is 59.9 Å². The fourth-order valence-electron chi connectivity index (χ4n) is 5.91. The molecule has 47 heavy (non-hydrogen) atoms. The average Bonchev–Trinajstić information content (AvgIpc) is 3.01. The van der Waals surface area contributed by atoms with Crippen LogP contribution in [-0.2, 0) is 36.7 Å². The number of aliphatic hydroxyl groups is 1. The molecule has 0 aliphatic carbocycles. The van der Waals surface area contributed by atoms with Gasteiger partial charge in [-0.2, -0.15) is 0 Å². The van der Waals surface area contributed by atoms with Crippen LogP contribution in [-0.4, -0.2) is 22.3 Å². The van der Waals surface area contributed by atoms with E-state index in [2.05, 4.69) is 56.1 Å². The van der Waals surface area contributed by atoms with Gasteiger partial charge in [-0.3, -0.25) is 9.78 Å². The molecule has 0 fully saturated rings. The molecule has 257 valence electrons. The van der Waals surface area contributed by atoms with E-state index in [0.29, 0.717) is 6.42 Å². The number of nitrogens with zero attached hydrogens (tertiary/aromatic N) is 1. The van der Waals surface area contributed by atoms with E-state index in [9.17, 15) is 18.7 Å². The Hall–Kier alpha value is -2.95. The second-order valence-electron chi connectivity index (χ2n) is 14.1. The standard InChI is InChI=1S/C28H28F2N.C13H24O2.Ir/c1-27(2,3)24-16-21(15-19-8-6-7-9-22(19)24)25-23-11-10-18(14-20(23)12-13-31-25)17-28(4,5)26(29)30;1-5-10(6-2)12(14)9-13(15)11(7-3)8-4;/h6-14,16,26H,17H2,1-5H3;9-11,14H,5-8H2,1-4H3;/q-1;;/b;12-9-;. The minimum atomic E-state index is -2.36. The number of aliphatic hydroxyl groups excluding tert-OH is 1. The zero-order valence-electron chi connectivity index (χ0n) is 29.5. The second-order valence-corrected chi connectivity index (χ2v) is 14.1. The third kappa shape index (κ3) is 10.3. The van der Waals surface area contributed by atoms with Gasteiger partial charge < -0.3 is 5.11 Å². The number of ketones is 1. The molecule has 0 aliphatic heterocycles. The maximum Gasteiger partial charge on any atom is 0.243 e. The predicted molar refractivity (Wildman–Crippen MR) is 190 cm³/mol. The Morgan fingerprint density at radius 2 is 1.49 bits per heavy atom. The maximum absolute atomic E-state index is 13.3. The van der Waals surface area contributed by atoms with Gasteiger partial charge in [-0.1, -0.05) is 110 Å². The van der Waals surface area contributed by atoms with Gasteiger partial charge in [0.1, 0.15) is 0 Å². The maximum atomic E-state index is 13.3. The zero-order chi connectivity index (χ0) is 34.2. The van der Waals surface area contributed by atoms with Crippen LogP contribution in [0.5, 0.6) is 0 Å². The van der Waals surface area contributed by atoms with E-state index in [1.54, 1.807) is 20.0 Å². The van der Waals surface area contributed by atoms with Gasteiger partial charge in [-0.15, -0.1) is 29.1 Å². The van der Waals surface area contributed by atoms with Gasteiger partial charge >= 0.3 is 0 Å². The summed E-state index contributed by atoms with van der Waals surface area (Å²) in [6, 6.07) is 22.0. The van der Waals surface area contributed by atoms with Crippen molar-refractivity contribution in [2.45, 2.75) is 106 Å². The zero-order valence-corrected chi connectivity index (χ0v) is 31.9. The van der Waals surface area contributed by atoms with Gasteiger partial charge in [0.2, 0.25) is 6.43 Å². The van der Waals surface area contributed by atoms with Crippen LogP contribution in [0.15, 0.2) is 72.6 Å². The molecule has 6 heteroatoms. The molecule has 0 bridgehead atoms. The Bertz CT molecular complexity index is 1650. The molecule has 0 unspecified atom stereocenters. The first-order valence-electron chi connectivity index (χ1n) is 16.7. The summed E-state index contributed by atoms with van der Waals surface area (Å²) in [6.45, 7) is 17.9. The molecular weight excluding hydrogens is 769 g/mol. The van der Waals surface area contributed by atoms with Crippen molar-refractivity contribution in [3.8, 4) is 11.3 Å². The normalized spacial score (nSPS) is 12.4. The van der Waals surface area contributed by atoms with E-state index < -0.39 is 11.8 Å². The molecule has 0 amide bonds. The van der Waals surface area contributed by atoms with Crippen LogP contribution in [0.3, 0.4) is 0 Å². The molecule has 0 saturated carbocycles. The minimum Gasteiger partial charge on any atom is -0.512 e. The number of hydrogen-bond acceptors (Lipinski definition) is 3. The molecular formula is C41H52F2IrNO2-. The fraction of sp³-hybridized carbons (Fsp3) is 0.463. The van der Waals surface area contributed by atoms with Gasteiger partial charge in [-0.25, -0.2) is 8.78 Å². The molecule has 1 aromatic heterocycles. The van der Waals surface area contributed by atoms with Gasteiger partial charge in [0, 0.05) is 55.3 Å². The molecule has 1 heterocycles. The number of halogens is 2. The van der Waals surface area contributed by atoms with Crippen LogP contribution in [0, 0.1) is 23.3 Å². The van der Waals surface area contributed by atoms with Crippen molar-refractivity contribution in [1.29, 1.82) is 0 Å². The number of alkyl halides is 2. The van der Waals surface area contributed by atoms with Crippen LogP contribution in [0.25, 0.3) is 32.8 Å². The second kappa shape index (κ2) is 17.4. The van der Waals surface area contributed by atoms with Crippen molar-refractivity contribution in [3.05, 3.63) is 89.8 Å². The molecule has 1 radical (unpaired) electrons. The largest absolute Gasteiger partial charge is 0.512 e. The topological polar surface area (TPSA) is 50.2 Å². The summed E-state index contributed by atoms with van der Waals surface area (Å²) < 4.78 is 26.7. The molecule has 3 aromatic carbocycles. The molecule has 3 nitrogen and oxygen atoms in total. The van der Waals surface area contributed by atoms with Crippen LogP contribution < -0.4 is 0 Å².